The van der Waals surface area contributed by atoms with Crippen molar-refractivity contribution in [3.63, 3.8) is 0 Å². The monoisotopic (exact) mass is 356 g/mol. The van der Waals surface area contributed by atoms with E-state index in [1.54, 1.807) is 24.3 Å². The van der Waals surface area contributed by atoms with Gasteiger partial charge in [0, 0.05) is 13.1 Å². The number of rotatable bonds is 8. The molecule has 2 atom stereocenters. The predicted molar refractivity (Wildman–Crippen MR) is 96.8 cm³/mol. The van der Waals surface area contributed by atoms with Crippen molar-refractivity contribution in [2.24, 2.45) is 5.92 Å². The van der Waals surface area contributed by atoms with Gasteiger partial charge < -0.3 is 10.1 Å². The maximum absolute atomic E-state index is 12.3. The molecule has 1 rings (SSSR count). The van der Waals surface area contributed by atoms with Crippen LogP contribution in [-0.2, 0) is 14.8 Å². The molecule has 1 aromatic carbocycles. The minimum absolute atomic E-state index is 0.0703. The van der Waals surface area contributed by atoms with Crippen LogP contribution in [0.15, 0.2) is 24.3 Å². The number of amides is 1. The van der Waals surface area contributed by atoms with E-state index in [0.29, 0.717) is 23.8 Å². The van der Waals surface area contributed by atoms with Crippen LogP contribution in [-0.4, -0.2) is 39.8 Å². The molecule has 0 bridgehead atoms. The molecule has 0 aliphatic rings. The molecule has 0 aliphatic carbocycles. The molecule has 0 radical (unpaired) electrons. The molecule has 0 fully saturated rings. The number of hydrogen-bond donors (Lipinski definition) is 1. The summed E-state index contributed by atoms with van der Waals surface area (Å²) in [6.07, 6.45) is 1.11. The van der Waals surface area contributed by atoms with Gasteiger partial charge in [-0.05, 0) is 43.5 Å². The molecule has 24 heavy (non-hydrogen) atoms. The van der Waals surface area contributed by atoms with Crippen LogP contribution in [0.3, 0.4) is 0 Å². The van der Waals surface area contributed by atoms with Crippen LogP contribution in [0, 0.1) is 5.92 Å². The first-order chi connectivity index (χ1) is 11.1. The quantitative estimate of drug-likeness (QED) is 0.776. The van der Waals surface area contributed by atoms with Gasteiger partial charge in [-0.15, -0.1) is 0 Å². The molecule has 0 unspecified atom stereocenters. The Morgan fingerprint density at radius 2 is 1.75 bits per heavy atom. The Hall–Kier alpha value is -1.76. The van der Waals surface area contributed by atoms with Crippen molar-refractivity contribution in [1.29, 1.82) is 0 Å². The number of sulfonamides is 1. The predicted octanol–water partition coefficient (Wildman–Crippen LogP) is 2.40. The van der Waals surface area contributed by atoms with Crippen molar-refractivity contribution < 1.29 is 17.9 Å². The summed E-state index contributed by atoms with van der Waals surface area (Å²) >= 11 is 0. The van der Waals surface area contributed by atoms with Gasteiger partial charge in [-0.2, -0.15) is 0 Å². The van der Waals surface area contributed by atoms with Crippen LogP contribution in [0.1, 0.15) is 34.1 Å². The molecule has 0 saturated heterocycles. The van der Waals surface area contributed by atoms with E-state index in [1.807, 2.05) is 27.7 Å². The van der Waals surface area contributed by atoms with E-state index in [4.69, 9.17) is 4.74 Å². The summed E-state index contributed by atoms with van der Waals surface area (Å²) in [5, 5.41) is 2.95. The van der Waals surface area contributed by atoms with Crippen LogP contribution in [0.25, 0.3) is 0 Å². The summed E-state index contributed by atoms with van der Waals surface area (Å²) < 4.78 is 30.0. The fourth-order valence-electron chi connectivity index (χ4n) is 1.90. The highest BCUT2D eigenvalue weighted by Crippen LogP contribution is 2.21. The third-order valence-electron chi connectivity index (χ3n) is 4.01. The summed E-state index contributed by atoms with van der Waals surface area (Å²) in [6, 6.07) is 6.70. The number of nitrogens with one attached hydrogen (secondary N) is 1. The standard InChI is InChI=1S/C17H28N2O4S/c1-7-16(17(20)18-13(4)12(2)3)23-15-10-8-14(9-11-15)19(5)24(6,21)22/h8-13,16H,7H2,1-6H3,(H,18,20)/t13-,16-/m0/s1. The van der Waals surface area contributed by atoms with E-state index >= 15 is 0 Å². The first kappa shape index (κ1) is 20.3. The third kappa shape index (κ3) is 5.70. The van der Waals surface area contributed by atoms with E-state index in [9.17, 15) is 13.2 Å². The fourth-order valence-corrected chi connectivity index (χ4v) is 2.40. The number of anilines is 1. The molecular formula is C17H28N2O4S. The lowest BCUT2D eigenvalue weighted by Gasteiger charge is -2.23. The zero-order chi connectivity index (χ0) is 18.5. The minimum atomic E-state index is -3.30. The number of nitrogens with zero attached hydrogens (tertiary/aromatic N) is 1. The Balaban J connectivity index is 2.78. The van der Waals surface area contributed by atoms with Crippen LogP contribution in [0.5, 0.6) is 5.75 Å². The van der Waals surface area contributed by atoms with Crippen molar-refractivity contribution in [3.05, 3.63) is 24.3 Å². The lowest BCUT2D eigenvalue weighted by Crippen LogP contribution is -2.44. The first-order valence-electron chi connectivity index (χ1n) is 8.07. The van der Waals surface area contributed by atoms with Crippen molar-refractivity contribution in [2.45, 2.75) is 46.3 Å². The molecule has 1 amide bonds. The summed E-state index contributed by atoms with van der Waals surface area (Å²) in [6.45, 7) is 7.94. The zero-order valence-corrected chi connectivity index (χ0v) is 16.1. The number of carbonyl (C=O) groups excluding carboxylic acids is 1. The van der Waals surface area contributed by atoms with E-state index in [2.05, 4.69) is 5.32 Å². The van der Waals surface area contributed by atoms with Crippen molar-refractivity contribution in [2.75, 3.05) is 17.6 Å². The second-order valence-corrected chi connectivity index (χ2v) is 8.29. The van der Waals surface area contributed by atoms with Gasteiger partial charge in [0.15, 0.2) is 6.10 Å². The molecule has 7 heteroatoms. The third-order valence-corrected chi connectivity index (χ3v) is 5.22. The zero-order valence-electron chi connectivity index (χ0n) is 15.2. The molecule has 0 aromatic heterocycles. The average molecular weight is 356 g/mol. The van der Waals surface area contributed by atoms with E-state index < -0.39 is 16.1 Å². The maximum atomic E-state index is 12.3. The molecule has 0 aliphatic heterocycles. The highest BCUT2D eigenvalue weighted by atomic mass is 32.2. The van der Waals surface area contributed by atoms with Crippen LogP contribution in [0.2, 0.25) is 0 Å². The Morgan fingerprint density at radius 3 is 2.17 bits per heavy atom. The van der Waals surface area contributed by atoms with Gasteiger partial charge in [-0.1, -0.05) is 20.8 Å². The fraction of sp³-hybridized carbons (Fsp3) is 0.588. The van der Waals surface area contributed by atoms with Gasteiger partial charge in [-0.3, -0.25) is 9.10 Å². The van der Waals surface area contributed by atoms with Gasteiger partial charge >= 0.3 is 0 Å². The second kappa shape index (κ2) is 8.37. The second-order valence-electron chi connectivity index (χ2n) is 6.28. The largest absolute Gasteiger partial charge is 0.481 e. The Morgan fingerprint density at radius 1 is 1.21 bits per heavy atom. The van der Waals surface area contributed by atoms with Gasteiger partial charge in [0.05, 0.1) is 11.9 Å². The van der Waals surface area contributed by atoms with Crippen LogP contribution in [0.4, 0.5) is 5.69 Å². The lowest BCUT2D eigenvalue weighted by atomic mass is 10.1. The van der Waals surface area contributed by atoms with Crippen molar-refractivity contribution >= 4 is 21.6 Å². The first-order valence-corrected chi connectivity index (χ1v) is 9.92. The Labute approximate surface area is 145 Å². The maximum Gasteiger partial charge on any atom is 0.261 e. The molecule has 1 aromatic rings. The summed E-state index contributed by atoms with van der Waals surface area (Å²) in [5.41, 5.74) is 0.538. The molecule has 136 valence electrons. The molecule has 1 N–H and O–H groups in total. The van der Waals surface area contributed by atoms with E-state index in [1.165, 1.54) is 11.4 Å². The van der Waals surface area contributed by atoms with Crippen molar-refractivity contribution in [3.8, 4) is 5.75 Å². The summed E-state index contributed by atoms with van der Waals surface area (Å²) in [5.74, 6) is 0.730. The van der Waals surface area contributed by atoms with Gasteiger partial charge in [0.25, 0.3) is 5.91 Å². The number of carbonyl (C=O) groups is 1. The van der Waals surface area contributed by atoms with Crippen LogP contribution < -0.4 is 14.4 Å². The number of benzene rings is 1. The number of hydrogen-bond acceptors (Lipinski definition) is 4. The molecule has 6 nitrogen and oxygen atoms in total. The van der Waals surface area contributed by atoms with Crippen LogP contribution >= 0.6 is 0 Å². The van der Waals surface area contributed by atoms with Gasteiger partial charge in [0.1, 0.15) is 5.75 Å². The molecule has 0 heterocycles. The molecule has 0 spiro atoms. The van der Waals surface area contributed by atoms with E-state index in [0.717, 1.165) is 6.26 Å². The van der Waals surface area contributed by atoms with Gasteiger partial charge in [-0.25, -0.2) is 8.42 Å². The van der Waals surface area contributed by atoms with Crippen molar-refractivity contribution in [1.82, 2.24) is 5.32 Å². The minimum Gasteiger partial charge on any atom is -0.481 e. The highest BCUT2D eigenvalue weighted by molar-refractivity contribution is 7.92. The van der Waals surface area contributed by atoms with Gasteiger partial charge in [0.2, 0.25) is 10.0 Å². The molecule has 0 saturated carbocycles. The number of ether oxygens (including phenoxy) is 1. The highest BCUT2D eigenvalue weighted by Gasteiger charge is 2.21. The lowest BCUT2D eigenvalue weighted by molar-refractivity contribution is -0.129. The van der Waals surface area contributed by atoms with E-state index in [-0.39, 0.29) is 11.9 Å². The average Bonchev–Trinajstić information content (AvgIpc) is 2.51. The smallest absolute Gasteiger partial charge is 0.261 e. The SMILES string of the molecule is CC[C@H](Oc1ccc(N(C)S(C)(=O)=O)cc1)C(=O)N[C@@H](C)C(C)C. The molecular weight excluding hydrogens is 328 g/mol. The summed E-state index contributed by atoms with van der Waals surface area (Å²) in [4.78, 5) is 12.3. The Kier molecular flexibility index (Phi) is 7.08. The summed E-state index contributed by atoms with van der Waals surface area (Å²) in [7, 11) is -1.82. The normalized spacial score (nSPS) is 14.1. The Bertz CT molecular complexity index is 641. The topological polar surface area (TPSA) is 75.7 Å².